The minimum absolute atomic E-state index is 0.276. The molecule has 4 N–H and O–H groups in total. The number of carbonyl (C=O) groups is 1. The van der Waals surface area contributed by atoms with Crippen molar-refractivity contribution in [3.05, 3.63) is 0 Å². The van der Waals surface area contributed by atoms with Crippen molar-refractivity contribution in [2.45, 2.75) is 44.8 Å². The fourth-order valence-corrected chi connectivity index (χ4v) is 2.13. The molecule has 0 radical (unpaired) electrons. The van der Waals surface area contributed by atoms with Crippen molar-refractivity contribution in [3.63, 3.8) is 0 Å². The molecule has 1 fully saturated rings. The Hall–Kier alpha value is -0.625. The molecule has 1 rings (SSSR count). The summed E-state index contributed by atoms with van der Waals surface area (Å²) in [7, 11) is -1.50. The molecule has 0 aromatic carbocycles. The van der Waals surface area contributed by atoms with E-state index in [1.165, 1.54) is 4.90 Å². The SMILES string of the molecule is CCOC(C)[C@H](N)C(=O)N1CCC[C@H]1B(O)O. The first-order valence-corrected chi connectivity index (χ1v) is 6.02. The summed E-state index contributed by atoms with van der Waals surface area (Å²) in [6.07, 6.45) is 0.993. The second kappa shape index (κ2) is 6.35. The van der Waals surface area contributed by atoms with Gasteiger partial charge in [-0.2, -0.15) is 0 Å². The maximum atomic E-state index is 12.1. The number of hydrogen-bond donors (Lipinski definition) is 3. The van der Waals surface area contributed by atoms with E-state index in [9.17, 15) is 14.8 Å². The van der Waals surface area contributed by atoms with Crippen molar-refractivity contribution >= 4 is 13.0 Å². The molecule has 0 aromatic heterocycles. The highest BCUT2D eigenvalue weighted by atomic mass is 16.5. The smallest absolute Gasteiger partial charge is 0.426 e. The van der Waals surface area contributed by atoms with E-state index in [-0.39, 0.29) is 12.0 Å². The van der Waals surface area contributed by atoms with Crippen LogP contribution in [0.4, 0.5) is 0 Å². The lowest BCUT2D eigenvalue weighted by atomic mass is 9.77. The molecule has 7 heteroatoms. The van der Waals surface area contributed by atoms with Gasteiger partial charge in [0.05, 0.1) is 12.0 Å². The van der Waals surface area contributed by atoms with Crippen molar-refractivity contribution in [3.8, 4) is 0 Å². The van der Waals surface area contributed by atoms with E-state index < -0.39 is 19.1 Å². The number of amides is 1. The number of nitrogens with two attached hydrogens (primary N) is 1. The predicted octanol–water partition coefficient (Wildman–Crippen LogP) is -1.26. The van der Waals surface area contributed by atoms with Crippen molar-refractivity contribution in [2.75, 3.05) is 13.2 Å². The fraction of sp³-hybridized carbons (Fsp3) is 0.900. The van der Waals surface area contributed by atoms with Gasteiger partial charge in [-0.1, -0.05) is 0 Å². The Labute approximate surface area is 102 Å². The summed E-state index contributed by atoms with van der Waals surface area (Å²) in [5.74, 6) is -0.816. The molecule has 1 amide bonds. The number of likely N-dealkylation sites (tertiary alicyclic amines) is 1. The van der Waals surface area contributed by atoms with Crippen LogP contribution in [0.1, 0.15) is 26.7 Å². The van der Waals surface area contributed by atoms with Crippen molar-refractivity contribution in [1.82, 2.24) is 4.90 Å². The van der Waals surface area contributed by atoms with Gasteiger partial charge < -0.3 is 25.4 Å². The van der Waals surface area contributed by atoms with Gasteiger partial charge >= 0.3 is 7.12 Å². The Bertz CT molecular complexity index is 265. The number of carbonyl (C=O) groups excluding carboxylic acids is 1. The van der Waals surface area contributed by atoms with Crippen LogP contribution >= 0.6 is 0 Å². The molecule has 0 aromatic rings. The molecule has 98 valence electrons. The molecule has 3 atom stereocenters. The lowest BCUT2D eigenvalue weighted by Gasteiger charge is -2.29. The molecule has 1 saturated heterocycles. The molecule has 1 unspecified atom stereocenters. The highest BCUT2D eigenvalue weighted by Crippen LogP contribution is 2.19. The first-order chi connectivity index (χ1) is 7.99. The van der Waals surface area contributed by atoms with Gasteiger partial charge in [0.15, 0.2) is 0 Å². The Morgan fingerprint density at radius 3 is 2.82 bits per heavy atom. The lowest BCUT2D eigenvalue weighted by Crippen LogP contribution is -2.54. The Morgan fingerprint density at radius 2 is 2.29 bits per heavy atom. The van der Waals surface area contributed by atoms with Crippen LogP contribution in [0, 0.1) is 0 Å². The number of nitrogens with zero attached hydrogens (tertiary/aromatic N) is 1. The summed E-state index contributed by atoms with van der Waals surface area (Å²) in [6.45, 7) is 4.60. The number of ether oxygens (including phenoxy) is 1. The summed E-state index contributed by atoms with van der Waals surface area (Å²) in [6, 6.07) is -0.755. The van der Waals surface area contributed by atoms with Crippen LogP contribution in [0.3, 0.4) is 0 Å². The van der Waals surface area contributed by atoms with Gasteiger partial charge in [0.1, 0.15) is 6.04 Å². The molecular formula is C10H21BN2O4. The molecule has 1 heterocycles. The molecule has 6 nitrogen and oxygen atoms in total. The average molecular weight is 244 g/mol. The van der Waals surface area contributed by atoms with E-state index in [0.29, 0.717) is 19.6 Å². The second-order valence-corrected chi connectivity index (χ2v) is 4.34. The normalized spacial score (nSPS) is 23.6. The van der Waals surface area contributed by atoms with Crippen molar-refractivity contribution in [1.29, 1.82) is 0 Å². The molecule has 17 heavy (non-hydrogen) atoms. The molecule has 0 spiro atoms. The summed E-state index contributed by atoms with van der Waals surface area (Å²) in [5.41, 5.74) is 5.81. The molecule has 0 saturated carbocycles. The molecule has 0 aliphatic carbocycles. The number of hydrogen-bond acceptors (Lipinski definition) is 5. The zero-order valence-corrected chi connectivity index (χ0v) is 10.4. The van der Waals surface area contributed by atoms with Crippen LogP contribution in [-0.2, 0) is 9.53 Å². The minimum Gasteiger partial charge on any atom is -0.426 e. The molecular weight excluding hydrogens is 223 g/mol. The topological polar surface area (TPSA) is 96.0 Å². The van der Waals surface area contributed by atoms with E-state index in [1.54, 1.807) is 6.92 Å². The summed E-state index contributed by atoms with van der Waals surface area (Å²) < 4.78 is 5.28. The number of rotatable bonds is 5. The summed E-state index contributed by atoms with van der Waals surface area (Å²) in [5, 5.41) is 18.4. The Morgan fingerprint density at radius 1 is 1.65 bits per heavy atom. The zero-order chi connectivity index (χ0) is 13.0. The highest BCUT2D eigenvalue weighted by molar-refractivity contribution is 6.43. The molecule has 0 bridgehead atoms. The van der Waals surface area contributed by atoms with E-state index in [2.05, 4.69) is 0 Å². The average Bonchev–Trinajstić information content (AvgIpc) is 2.76. The third kappa shape index (κ3) is 3.42. The van der Waals surface area contributed by atoms with Gasteiger partial charge in [0.25, 0.3) is 0 Å². The van der Waals surface area contributed by atoms with Gasteiger partial charge in [0.2, 0.25) is 5.91 Å². The Kier molecular flexibility index (Phi) is 5.39. The first-order valence-electron chi connectivity index (χ1n) is 6.02. The van der Waals surface area contributed by atoms with E-state index in [4.69, 9.17) is 10.5 Å². The van der Waals surface area contributed by atoms with Gasteiger partial charge in [-0.25, -0.2) is 0 Å². The van der Waals surface area contributed by atoms with Crippen molar-refractivity contribution < 1.29 is 19.6 Å². The second-order valence-electron chi connectivity index (χ2n) is 4.34. The van der Waals surface area contributed by atoms with Crippen LogP contribution < -0.4 is 5.73 Å². The van der Waals surface area contributed by atoms with Gasteiger partial charge in [0, 0.05) is 13.2 Å². The third-order valence-electron chi connectivity index (χ3n) is 3.15. The summed E-state index contributed by atoms with van der Waals surface area (Å²) >= 11 is 0. The van der Waals surface area contributed by atoms with Crippen LogP contribution in [0.5, 0.6) is 0 Å². The fourth-order valence-electron chi connectivity index (χ4n) is 2.13. The largest absolute Gasteiger partial charge is 0.475 e. The highest BCUT2D eigenvalue weighted by Gasteiger charge is 2.39. The van der Waals surface area contributed by atoms with Crippen LogP contribution in [0.2, 0.25) is 0 Å². The van der Waals surface area contributed by atoms with Crippen LogP contribution in [0.25, 0.3) is 0 Å². The van der Waals surface area contributed by atoms with Crippen molar-refractivity contribution in [2.24, 2.45) is 5.73 Å². The monoisotopic (exact) mass is 244 g/mol. The zero-order valence-electron chi connectivity index (χ0n) is 10.4. The standard InChI is InChI=1S/C10H21BN2O4/c1-3-17-7(2)9(12)10(14)13-6-4-5-8(13)11(15)16/h7-9,15-16H,3-6,12H2,1-2H3/t7?,8-,9-/m0/s1. The maximum Gasteiger partial charge on any atom is 0.475 e. The lowest BCUT2D eigenvalue weighted by molar-refractivity contribution is -0.135. The van der Waals surface area contributed by atoms with Gasteiger partial charge in [-0.15, -0.1) is 0 Å². The molecule has 1 aliphatic heterocycles. The Balaban J connectivity index is 2.62. The minimum atomic E-state index is -1.50. The molecule has 1 aliphatic rings. The quantitative estimate of drug-likeness (QED) is 0.525. The van der Waals surface area contributed by atoms with Gasteiger partial charge in [-0.05, 0) is 26.7 Å². The first kappa shape index (κ1) is 14.4. The summed E-state index contributed by atoms with van der Waals surface area (Å²) in [4.78, 5) is 13.5. The third-order valence-corrected chi connectivity index (χ3v) is 3.15. The van der Waals surface area contributed by atoms with E-state index in [0.717, 1.165) is 6.42 Å². The van der Waals surface area contributed by atoms with Gasteiger partial charge in [-0.3, -0.25) is 4.79 Å². The van der Waals surface area contributed by atoms with E-state index in [1.807, 2.05) is 6.92 Å². The van der Waals surface area contributed by atoms with E-state index >= 15 is 0 Å². The van der Waals surface area contributed by atoms with Crippen LogP contribution in [0.15, 0.2) is 0 Å². The van der Waals surface area contributed by atoms with Crippen LogP contribution in [-0.4, -0.2) is 59.2 Å². The predicted molar refractivity (Wildman–Crippen MR) is 64.0 cm³/mol. The maximum absolute atomic E-state index is 12.1.